The maximum atomic E-state index is 14.9. The zero-order valence-corrected chi connectivity index (χ0v) is 18.9. The molecule has 0 radical (unpaired) electrons. The first kappa shape index (κ1) is 25.5. The molecule has 1 heterocycles. The van der Waals surface area contributed by atoms with Crippen LogP contribution in [0.3, 0.4) is 0 Å². The summed E-state index contributed by atoms with van der Waals surface area (Å²) < 4.78 is 128. The van der Waals surface area contributed by atoms with Gasteiger partial charge in [0, 0.05) is 29.2 Å². The second-order valence-electron chi connectivity index (χ2n) is 8.97. The van der Waals surface area contributed by atoms with Gasteiger partial charge in [0.25, 0.3) is 0 Å². The van der Waals surface area contributed by atoms with Crippen molar-refractivity contribution < 1.29 is 49.3 Å². The van der Waals surface area contributed by atoms with Gasteiger partial charge in [0.05, 0.1) is 13.2 Å². The van der Waals surface area contributed by atoms with Crippen molar-refractivity contribution >= 4 is 0 Å². The molecule has 3 nitrogen and oxygen atoms in total. The Morgan fingerprint density at radius 2 is 1.30 bits per heavy atom. The fourth-order valence-electron chi connectivity index (χ4n) is 4.26. The third-order valence-corrected chi connectivity index (χ3v) is 6.32. The van der Waals surface area contributed by atoms with Crippen LogP contribution in [0, 0.1) is 46.7 Å². The summed E-state index contributed by atoms with van der Waals surface area (Å²) in [5, 5.41) is 0. The van der Waals surface area contributed by atoms with Gasteiger partial charge in [0.15, 0.2) is 23.7 Å². The Kier molecular flexibility index (Phi) is 6.61. The molecule has 0 unspecified atom stereocenters. The van der Waals surface area contributed by atoms with Crippen molar-refractivity contribution in [2.75, 3.05) is 13.2 Å². The Bertz CT molecular complexity index is 1290. The lowest BCUT2D eigenvalue weighted by Crippen LogP contribution is -2.28. The van der Waals surface area contributed by atoms with E-state index in [-0.39, 0.29) is 23.6 Å². The molecule has 3 aromatic carbocycles. The van der Waals surface area contributed by atoms with E-state index in [2.05, 4.69) is 4.74 Å². The summed E-state index contributed by atoms with van der Waals surface area (Å²) in [5.74, 6) is -10.5. The summed E-state index contributed by atoms with van der Waals surface area (Å²) in [6.07, 6.45) is -3.32. The average Bonchev–Trinajstić information content (AvgIpc) is 3.67. The first-order valence-corrected chi connectivity index (χ1v) is 11.3. The fourth-order valence-corrected chi connectivity index (χ4v) is 4.26. The lowest BCUT2D eigenvalue weighted by atomic mass is 10.00. The largest absolute Gasteiger partial charge is 0.432 e. The van der Waals surface area contributed by atoms with Crippen LogP contribution in [0.2, 0.25) is 0 Å². The van der Waals surface area contributed by atoms with E-state index in [0.29, 0.717) is 36.8 Å². The molecule has 0 amide bonds. The topological polar surface area (TPSA) is 27.7 Å². The quantitative estimate of drug-likeness (QED) is 0.246. The predicted octanol–water partition coefficient (Wildman–Crippen LogP) is 7.39. The second kappa shape index (κ2) is 9.60. The Hall–Kier alpha value is -3.18. The van der Waals surface area contributed by atoms with E-state index in [1.165, 1.54) is 12.1 Å². The maximum absolute atomic E-state index is 14.9. The first-order chi connectivity index (χ1) is 17.5. The van der Waals surface area contributed by atoms with E-state index in [4.69, 9.17) is 9.47 Å². The second-order valence-corrected chi connectivity index (χ2v) is 8.97. The molecule has 37 heavy (non-hydrogen) atoms. The molecule has 2 fully saturated rings. The molecule has 0 bridgehead atoms. The van der Waals surface area contributed by atoms with Crippen LogP contribution in [0.15, 0.2) is 42.5 Å². The van der Waals surface area contributed by atoms with Gasteiger partial charge >= 0.3 is 6.11 Å². The molecule has 1 aliphatic carbocycles. The van der Waals surface area contributed by atoms with E-state index in [0.717, 1.165) is 18.9 Å². The van der Waals surface area contributed by atoms with Crippen LogP contribution in [0.5, 0.6) is 5.75 Å². The van der Waals surface area contributed by atoms with Crippen molar-refractivity contribution in [3.8, 4) is 16.9 Å². The van der Waals surface area contributed by atoms with Crippen LogP contribution in [0.4, 0.5) is 35.1 Å². The molecule has 0 aromatic heterocycles. The van der Waals surface area contributed by atoms with Crippen molar-refractivity contribution in [2.24, 2.45) is 11.8 Å². The van der Waals surface area contributed by atoms with Crippen LogP contribution in [-0.4, -0.2) is 13.2 Å². The summed E-state index contributed by atoms with van der Waals surface area (Å²) >= 11 is 0. The number of hydrogen-bond acceptors (Lipinski definition) is 3. The third-order valence-electron chi connectivity index (χ3n) is 6.32. The lowest BCUT2D eigenvalue weighted by molar-refractivity contribution is -0.208. The molecule has 1 saturated heterocycles. The molecule has 11 heteroatoms. The fraction of sp³-hybridized carbons (Fsp3) is 0.308. The summed E-state index contributed by atoms with van der Waals surface area (Å²) in [7, 11) is 0. The highest BCUT2D eigenvalue weighted by Gasteiger charge is 2.42. The normalized spacial score (nSPS) is 20.2. The number of rotatable bonds is 6. The highest BCUT2D eigenvalue weighted by molar-refractivity contribution is 5.65. The standard InChI is InChI=1S/C26H18F8O3/c27-18-5-13(25-35-10-15(11-36-25)12-1-2-12)3-4-17(18)14-6-19(28)23(20(29)7-14)26(33,34)37-16-8-21(30)24(32)22(31)9-16/h3-9,12,15,25H,1-2,10-11H2. The summed E-state index contributed by atoms with van der Waals surface area (Å²) in [6, 6.07) is 4.83. The van der Waals surface area contributed by atoms with Crippen molar-refractivity contribution in [3.05, 3.63) is 88.5 Å². The molecule has 5 rings (SSSR count). The van der Waals surface area contributed by atoms with Crippen molar-refractivity contribution in [1.82, 2.24) is 0 Å². The number of halogens is 8. The minimum atomic E-state index is -4.75. The van der Waals surface area contributed by atoms with Gasteiger partial charge in [-0.2, -0.15) is 8.78 Å². The van der Waals surface area contributed by atoms with E-state index >= 15 is 0 Å². The lowest BCUT2D eigenvalue weighted by Gasteiger charge is -2.29. The number of ether oxygens (including phenoxy) is 3. The SMILES string of the molecule is Fc1cc(C2OCC(C3CC3)CO2)ccc1-c1cc(F)c(C(F)(F)Oc2cc(F)c(F)c(F)c2)c(F)c1. The molecule has 0 N–H and O–H groups in total. The van der Waals surface area contributed by atoms with Gasteiger partial charge in [-0.3, -0.25) is 0 Å². The maximum Gasteiger partial charge on any atom is 0.432 e. The van der Waals surface area contributed by atoms with Crippen molar-refractivity contribution in [2.45, 2.75) is 25.2 Å². The Morgan fingerprint density at radius 1 is 0.703 bits per heavy atom. The van der Waals surface area contributed by atoms with Crippen LogP contribution >= 0.6 is 0 Å². The number of hydrogen-bond donors (Lipinski definition) is 0. The van der Waals surface area contributed by atoms with Crippen LogP contribution < -0.4 is 4.74 Å². The summed E-state index contributed by atoms with van der Waals surface area (Å²) in [6.45, 7) is 0.925. The van der Waals surface area contributed by atoms with Gasteiger partial charge in [0.2, 0.25) is 0 Å². The van der Waals surface area contributed by atoms with Gasteiger partial charge in [-0.25, -0.2) is 26.3 Å². The van der Waals surface area contributed by atoms with E-state index in [9.17, 15) is 35.1 Å². The van der Waals surface area contributed by atoms with E-state index in [1.807, 2.05) is 0 Å². The molecule has 0 atom stereocenters. The van der Waals surface area contributed by atoms with E-state index in [1.54, 1.807) is 0 Å². The van der Waals surface area contributed by atoms with Gasteiger partial charge in [-0.05, 0) is 42.5 Å². The summed E-state index contributed by atoms with van der Waals surface area (Å²) in [5.41, 5.74) is -2.22. The monoisotopic (exact) mass is 530 g/mol. The summed E-state index contributed by atoms with van der Waals surface area (Å²) in [4.78, 5) is 0. The van der Waals surface area contributed by atoms with Crippen LogP contribution in [0.1, 0.15) is 30.3 Å². The Morgan fingerprint density at radius 3 is 1.84 bits per heavy atom. The van der Waals surface area contributed by atoms with Crippen molar-refractivity contribution in [3.63, 3.8) is 0 Å². The van der Waals surface area contributed by atoms with Crippen LogP contribution in [0.25, 0.3) is 11.1 Å². The molecular formula is C26H18F8O3. The van der Waals surface area contributed by atoms with Gasteiger partial charge in [0.1, 0.15) is 28.8 Å². The van der Waals surface area contributed by atoms with Gasteiger partial charge < -0.3 is 14.2 Å². The average molecular weight is 530 g/mol. The molecule has 3 aromatic rings. The smallest absolute Gasteiger partial charge is 0.429 e. The molecule has 0 spiro atoms. The highest BCUT2D eigenvalue weighted by atomic mass is 19.3. The number of alkyl halides is 2. The molecule has 196 valence electrons. The Labute approximate surface area is 205 Å². The zero-order valence-electron chi connectivity index (χ0n) is 18.9. The Balaban J connectivity index is 1.37. The van der Waals surface area contributed by atoms with Gasteiger partial charge in [-0.15, -0.1) is 0 Å². The third kappa shape index (κ3) is 5.15. The van der Waals surface area contributed by atoms with Crippen molar-refractivity contribution in [1.29, 1.82) is 0 Å². The molecule has 1 saturated carbocycles. The van der Waals surface area contributed by atoms with E-state index < -0.39 is 64.2 Å². The minimum Gasteiger partial charge on any atom is -0.429 e. The van der Waals surface area contributed by atoms with Crippen LogP contribution in [-0.2, 0) is 15.6 Å². The number of benzene rings is 3. The van der Waals surface area contributed by atoms with Gasteiger partial charge in [-0.1, -0.05) is 12.1 Å². The predicted molar refractivity (Wildman–Crippen MR) is 113 cm³/mol. The molecule has 2 aliphatic rings. The highest BCUT2D eigenvalue weighted by Crippen LogP contribution is 2.41. The molecular weight excluding hydrogens is 512 g/mol. The first-order valence-electron chi connectivity index (χ1n) is 11.3. The zero-order chi connectivity index (χ0) is 26.5. The molecule has 1 aliphatic heterocycles. The minimum absolute atomic E-state index is 0.0965.